The van der Waals surface area contributed by atoms with Crippen molar-refractivity contribution in [3.8, 4) is 0 Å². The number of unbranched alkanes of at least 4 members (excludes halogenated alkanes) is 2. The fourth-order valence-corrected chi connectivity index (χ4v) is 2.49. The third kappa shape index (κ3) is 4.65. The van der Waals surface area contributed by atoms with Gasteiger partial charge in [0.25, 0.3) is 0 Å². The van der Waals surface area contributed by atoms with Crippen molar-refractivity contribution in [2.24, 2.45) is 0 Å². The lowest BCUT2D eigenvalue weighted by atomic mass is 9.91. The molecule has 1 aromatic rings. The van der Waals surface area contributed by atoms with Crippen LogP contribution in [-0.2, 0) is 17.6 Å². The highest BCUT2D eigenvalue weighted by atomic mass is 16.5. The first kappa shape index (κ1) is 16.2. The third-order valence-electron chi connectivity index (χ3n) is 4.07. The molecule has 1 heteroatoms. The van der Waals surface area contributed by atoms with Crippen LogP contribution in [0.5, 0.6) is 0 Å². The molecule has 1 aromatic carbocycles. The van der Waals surface area contributed by atoms with Crippen LogP contribution >= 0.6 is 0 Å². The molecule has 0 aliphatic rings. The second-order valence-electron chi connectivity index (χ2n) is 5.55. The molecule has 0 heterocycles. The van der Waals surface area contributed by atoms with Crippen LogP contribution in [0.1, 0.15) is 74.8 Å². The van der Waals surface area contributed by atoms with E-state index in [1.54, 1.807) is 7.11 Å². The molecule has 0 aromatic heterocycles. The monoisotopic (exact) mass is 262 g/mol. The number of benzene rings is 1. The third-order valence-corrected chi connectivity index (χ3v) is 4.07. The van der Waals surface area contributed by atoms with Gasteiger partial charge in [-0.2, -0.15) is 0 Å². The molecule has 1 atom stereocenters. The van der Waals surface area contributed by atoms with Crippen LogP contribution in [0, 0.1) is 6.92 Å². The second-order valence-corrected chi connectivity index (χ2v) is 5.55. The van der Waals surface area contributed by atoms with Gasteiger partial charge in [0.1, 0.15) is 0 Å². The van der Waals surface area contributed by atoms with Crippen LogP contribution in [-0.4, -0.2) is 7.11 Å². The minimum absolute atomic E-state index is 0.196. The van der Waals surface area contributed by atoms with Crippen LogP contribution in [0.15, 0.2) is 12.1 Å². The maximum absolute atomic E-state index is 5.50. The van der Waals surface area contributed by atoms with Crippen LogP contribution in [0.2, 0.25) is 0 Å². The van der Waals surface area contributed by atoms with E-state index in [-0.39, 0.29) is 6.10 Å². The van der Waals surface area contributed by atoms with Crippen molar-refractivity contribution in [3.05, 3.63) is 34.4 Å². The molecule has 0 radical (unpaired) electrons. The van der Waals surface area contributed by atoms with E-state index in [0.29, 0.717) is 0 Å². The molecule has 19 heavy (non-hydrogen) atoms. The van der Waals surface area contributed by atoms with E-state index < -0.39 is 0 Å². The highest BCUT2D eigenvalue weighted by molar-refractivity contribution is 5.39. The van der Waals surface area contributed by atoms with E-state index in [0.717, 1.165) is 0 Å². The van der Waals surface area contributed by atoms with E-state index in [1.807, 2.05) is 0 Å². The Hall–Kier alpha value is -0.820. The molecule has 0 spiro atoms. The molecule has 1 rings (SSSR count). The predicted molar refractivity (Wildman–Crippen MR) is 83.8 cm³/mol. The Morgan fingerprint density at radius 1 is 1.00 bits per heavy atom. The summed E-state index contributed by atoms with van der Waals surface area (Å²) in [4.78, 5) is 0. The van der Waals surface area contributed by atoms with Crippen LogP contribution in [0.4, 0.5) is 0 Å². The summed E-state index contributed by atoms with van der Waals surface area (Å²) in [7, 11) is 1.79. The molecule has 108 valence electrons. The second kappa shape index (κ2) is 8.37. The first-order valence-corrected chi connectivity index (χ1v) is 7.79. The van der Waals surface area contributed by atoms with Crippen molar-refractivity contribution in [2.75, 3.05) is 7.11 Å². The topological polar surface area (TPSA) is 9.23 Å². The first-order chi connectivity index (χ1) is 9.13. The summed E-state index contributed by atoms with van der Waals surface area (Å²) >= 11 is 0. The lowest BCUT2D eigenvalue weighted by Gasteiger charge is -2.17. The largest absolute Gasteiger partial charge is 0.377 e. The number of aryl methyl sites for hydroxylation is 2. The van der Waals surface area contributed by atoms with Gasteiger partial charge in [0.05, 0.1) is 6.10 Å². The summed E-state index contributed by atoms with van der Waals surface area (Å²) in [5, 5.41) is 0. The van der Waals surface area contributed by atoms with Gasteiger partial charge in [0.2, 0.25) is 0 Å². The van der Waals surface area contributed by atoms with Gasteiger partial charge >= 0.3 is 0 Å². The van der Waals surface area contributed by atoms with Crippen molar-refractivity contribution in [2.45, 2.75) is 72.3 Å². The molecular formula is C18H30O. The van der Waals surface area contributed by atoms with E-state index in [4.69, 9.17) is 4.74 Å². The van der Waals surface area contributed by atoms with Gasteiger partial charge in [-0.15, -0.1) is 0 Å². The van der Waals surface area contributed by atoms with Gasteiger partial charge < -0.3 is 4.74 Å². The molecule has 1 nitrogen and oxygen atoms in total. The molecular weight excluding hydrogens is 232 g/mol. The Bertz CT molecular complexity index is 352. The van der Waals surface area contributed by atoms with Crippen molar-refractivity contribution < 1.29 is 4.74 Å². The predicted octanol–water partition coefficient (Wildman–Crippen LogP) is 5.39. The number of methoxy groups -OCH3 is 1. The van der Waals surface area contributed by atoms with Crippen LogP contribution < -0.4 is 0 Å². The fraction of sp³-hybridized carbons (Fsp3) is 0.667. The molecule has 0 amide bonds. The van der Waals surface area contributed by atoms with Gasteiger partial charge in [0.15, 0.2) is 0 Å². The first-order valence-electron chi connectivity index (χ1n) is 7.79. The zero-order valence-corrected chi connectivity index (χ0v) is 13.4. The molecule has 0 saturated carbocycles. The summed E-state index contributed by atoms with van der Waals surface area (Å²) in [5.74, 6) is 0. The quantitative estimate of drug-likeness (QED) is 0.610. The summed E-state index contributed by atoms with van der Waals surface area (Å²) in [5.41, 5.74) is 5.89. The Morgan fingerprint density at radius 3 is 1.84 bits per heavy atom. The van der Waals surface area contributed by atoms with Crippen molar-refractivity contribution >= 4 is 0 Å². The van der Waals surface area contributed by atoms with E-state index in [1.165, 1.54) is 60.8 Å². The smallest absolute Gasteiger partial charge is 0.0793 e. The minimum Gasteiger partial charge on any atom is -0.377 e. The van der Waals surface area contributed by atoms with E-state index in [2.05, 4.69) is 39.8 Å². The van der Waals surface area contributed by atoms with Gasteiger partial charge in [-0.3, -0.25) is 0 Å². The number of hydrogen-bond acceptors (Lipinski definition) is 1. The SMILES string of the molecule is CCCCc1cc(C(C)OC)cc(CCCC)c1C. The molecule has 0 aliphatic heterocycles. The Morgan fingerprint density at radius 2 is 1.47 bits per heavy atom. The van der Waals surface area contributed by atoms with Gasteiger partial charge in [-0.1, -0.05) is 38.8 Å². The van der Waals surface area contributed by atoms with Gasteiger partial charge in [0, 0.05) is 7.11 Å². The highest BCUT2D eigenvalue weighted by Crippen LogP contribution is 2.25. The van der Waals surface area contributed by atoms with Gasteiger partial charge in [-0.05, 0) is 61.8 Å². The number of ether oxygens (including phenoxy) is 1. The summed E-state index contributed by atoms with van der Waals surface area (Å²) in [6, 6.07) is 4.71. The number of hydrogen-bond donors (Lipinski definition) is 0. The minimum atomic E-state index is 0.196. The zero-order valence-electron chi connectivity index (χ0n) is 13.4. The Balaban J connectivity index is 3.06. The summed E-state index contributed by atoms with van der Waals surface area (Å²) in [6.45, 7) is 8.94. The lowest BCUT2D eigenvalue weighted by molar-refractivity contribution is 0.119. The average molecular weight is 262 g/mol. The van der Waals surface area contributed by atoms with Crippen molar-refractivity contribution in [1.29, 1.82) is 0 Å². The molecule has 0 N–H and O–H groups in total. The van der Waals surface area contributed by atoms with E-state index in [9.17, 15) is 0 Å². The average Bonchev–Trinajstić information content (AvgIpc) is 2.44. The summed E-state index contributed by atoms with van der Waals surface area (Å²) in [6.07, 6.45) is 7.66. The van der Waals surface area contributed by atoms with Crippen molar-refractivity contribution in [3.63, 3.8) is 0 Å². The van der Waals surface area contributed by atoms with Crippen LogP contribution in [0.25, 0.3) is 0 Å². The molecule has 0 bridgehead atoms. The lowest BCUT2D eigenvalue weighted by Crippen LogP contribution is -2.03. The Labute approximate surface area is 119 Å². The van der Waals surface area contributed by atoms with Crippen molar-refractivity contribution in [1.82, 2.24) is 0 Å². The highest BCUT2D eigenvalue weighted by Gasteiger charge is 2.11. The van der Waals surface area contributed by atoms with Crippen LogP contribution in [0.3, 0.4) is 0 Å². The van der Waals surface area contributed by atoms with Gasteiger partial charge in [-0.25, -0.2) is 0 Å². The maximum Gasteiger partial charge on any atom is 0.0793 e. The molecule has 0 aliphatic carbocycles. The van der Waals surface area contributed by atoms with E-state index >= 15 is 0 Å². The summed E-state index contributed by atoms with van der Waals surface area (Å²) < 4.78 is 5.50. The Kier molecular flexibility index (Phi) is 7.15. The molecule has 0 saturated heterocycles. The zero-order chi connectivity index (χ0) is 14.3. The molecule has 1 unspecified atom stereocenters. The number of rotatable bonds is 8. The standard InChI is InChI=1S/C18H30O/c1-6-8-10-16-12-18(15(4)19-5)13-17(14(16)3)11-9-7-2/h12-13,15H,6-11H2,1-5H3. The normalized spacial score (nSPS) is 12.7. The molecule has 0 fully saturated rings. The maximum atomic E-state index is 5.50. The fourth-order valence-electron chi connectivity index (χ4n) is 2.49.